The van der Waals surface area contributed by atoms with E-state index < -0.39 is 0 Å². The number of carbonyl (C=O) groups excluding carboxylic acids is 1. The van der Waals surface area contributed by atoms with Gasteiger partial charge in [0.25, 0.3) is 0 Å². The highest BCUT2D eigenvalue weighted by Gasteiger charge is 2.01. The molecule has 0 saturated carbocycles. The molecule has 0 spiro atoms. The van der Waals surface area contributed by atoms with E-state index in [4.69, 9.17) is 0 Å². The standard InChI is InChI=1S/C15H14OS2/c1-12(16)18-15-9-5-6-13(10-15)11-17-14-7-3-2-4-8-14/h2-10H,11H2,1H3. The van der Waals surface area contributed by atoms with Gasteiger partial charge in [0.2, 0.25) is 0 Å². The average Bonchev–Trinajstić information content (AvgIpc) is 2.37. The number of thioether (sulfide) groups is 2. The van der Waals surface area contributed by atoms with Gasteiger partial charge >= 0.3 is 0 Å². The van der Waals surface area contributed by atoms with E-state index in [2.05, 4.69) is 24.3 Å². The molecule has 0 aliphatic carbocycles. The predicted molar refractivity (Wildman–Crippen MR) is 79.0 cm³/mol. The van der Waals surface area contributed by atoms with Crippen molar-refractivity contribution in [1.82, 2.24) is 0 Å². The van der Waals surface area contributed by atoms with Crippen molar-refractivity contribution in [3.8, 4) is 0 Å². The first-order chi connectivity index (χ1) is 8.74. The van der Waals surface area contributed by atoms with Crippen LogP contribution in [0.4, 0.5) is 0 Å². The van der Waals surface area contributed by atoms with Crippen LogP contribution in [0.15, 0.2) is 64.4 Å². The molecule has 0 amide bonds. The molecule has 0 saturated heterocycles. The summed E-state index contributed by atoms with van der Waals surface area (Å²) in [6.07, 6.45) is 0. The number of benzene rings is 2. The zero-order valence-corrected chi connectivity index (χ0v) is 11.8. The Hall–Kier alpha value is -1.19. The van der Waals surface area contributed by atoms with Crippen LogP contribution in [0.5, 0.6) is 0 Å². The lowest BCUT2D eigenvalue weighted by Crippen LogP contribution is -1.84. The summed E-state index contributed by atoms with van der Waals surface area (Å²) in [5, 5.41) is 0.128. The summed E-state index contributed by atoms with van der Waals surface area (Å²) >= 11 is 3.09. The first-order valence-corrected chi connectivity index (χ1v) is 7.49. The van der Waals surface area contributed by atoms with Crippen molar-refractivity contribution >= 4 is 28.6 Å². The Labute approximate surface area is 116 Å². The molecule has 0 aromatic heterocycles. The molecule has 0 aliphatic rings. The van der Waals surface area contributed by atoms with E-state index in [1.165, 1.54) is 22.2 Å². The summed E-state index contributed by atoms with van der Waals surface area (Å²) < 4.78 is 0. The third-order valence-corrected chi connectivity index (χ3v) is 4.17. The Morgan fingerprint density at radius 3 is 2.44 bits per heavy atom. The lowest BCUT2D eigenvalue weighted by molar-refractivity contribution is -0.109. The topological polar surface area (TPSA) is 17.1 Å². The van der Waals surface area contributed by atoms with Crippen molar-refractivity contribution in [2.24, 2.45) is 0 Å². The molecule has 3 heteroatoms. The van der Waals surface area contributed by atoms with Crippen molar-refractivity contribution in [1.29, 1.82) is 0 Å². The van der Waals surface area contributed by atoms with E-state index in [0.29, 0.717) is 0 Å². The highest BCUT2D eigenvalue weighted by atomic mass is 32.2. The molecule has 0 N–H and O–H groups in total. The number of carbonyl (C=O) groups is 1. The predicted octanol–water partition coefficient (Wildman–Crippen LogP) is 4.62. The van der Waals surface area contributed by atoms with Gasteiger partial charge in [-0.15, -0.1) is 11.8 Å². The van der Waals surface area contributed by atoms with Crippen LogP contribution in [-0.2, 0) is 10.5 Å². The van der Waals surface area contributed by atoms with Crippen LogP contribution in [0.1, 0.15) is 12.5 Å². The Morgan fingerprint density at radius 2 is 1.72 bits per heavy atom. The Kier molecular flexibility index (Phi) is 4.90. The largest absolute Gasteiger partial charge is 0.287 e. The molecule has 0 aliphatic heterocycles. The second-order valence-corrected chi connectivity index (χ2v) is 6.14. The number of hydrogen-bond donors (Lipinski definition) is 0. The average molecular weight is 274 g/mol. The maximum Gasteiger partial charge on any atom is 0.190 e. The van der Waals surface area contributed by atoms with Crippen molar-refractivity contribution < 1.29 is 4.79 Å². The van der Waals surface area contributed by atoms with Crippen LogP contribution in [-0.4, -0.2) is 5.12 Å². The van der Waals surface area contributed by atoms with E-state index in [1.54, 1.807) is 18.7 Å². The highest BCUT2D eigenvalue weighted by Crippen LogP contribution is 2.25. The summed E-state index contributed by atoms with van der Waals surface area (Å²) in [5.74, 6) is 0.927. The number of rotatable bonds is 4. The van der Waals surface area contributed by atoms with E-state index in [0.717, 1.165) is 10.6 Å². The summed E-state index contributed by atoms with van der Waals surface area (Å²) in [6, 6.07) is 18.5. The molecule has 0 unspecified atom stereocenters. The fraction of sp³-hybridized carbons (Fsp3) is 0.133. The molecule has 0 heterocycles. The summed E-state index contributed by atoms with van der Waals surface area (Å²) in [7, 11) is 0. The van der Waals surface area contributed by atoms with Gasteiger partial charge in [-0.25, -0.2) is 0 Å². The second kappa shape index (κ2) is 6.66. The van der Waals surface area contributed by atoms with Crippen LogP contribution in [0.3, 0.4) is 0 Å². The summed E-state index contributed by atoms with van der Waals surface area (Å²) in [5.41, 5.74) is 1.25. The quantitative estimate of drug-likeness (QED) is 0.757. The molecule has 2 aromatic carbocycles. The molecule has 1 nitrogen and oxygen atoms in total. The fourth-order valence-electron chi connectivity index (χ4n) is 1.55. The highest BCUT2D eigenvalue weighted by molar-refractivity contribution is 8.13. The second-order valence-electron chi connectivity index (χ2n) is 3.84. The van der Waals surface area contributed by atoms with Crippen LogP contribution < -0.4 is 0 Å². The summed E-state index contributed by atoms with van der Waals surface area (Å²) in [4.78, 5) is 13.3. The molecule has 0 bridgehead atoms. The zero-order valence-electron chi connectivity index (χ0n) is 10.1. The van der Waals surface area contributed by atoms with Gasteiger partial charge in [-0.3, -0.25) is 4.79 Å². The van der Waals surface area contributed by atoms with Crippen LogP contribution in [0.2, 0.25) is 0 Å². The van der Waals surface area contributed by atoms with Crippen molar-refractivity contribution in [2.45, 2.75) is 22.5 Å². The fourth-order valence-corrected chi connectivity index (χ4v) is 3.10. The van der Waals surface area contributed by atoms with Gasteiger partial charge in [-0.2, -0.15) is 0 Å². The molecule has 0 atom stereocenters. The van der Waals surface area contributed by atoms with Crippen molar-refractivity contribution in [2.75, 3.05) is 0 Å². The third kappa shape index (κ3) is 4.24. The van der Waals surface area contributed by atoms with Gasteiger partial charge in [0, 0.05) is 22.5 Å². The molecule has 0 fully saturated rings. The molecule has 2 aromatic rings. The SMILES string of the molecule is CC(=O)Sc1cccc(CSc2ccccc2)c1. The monoisotopic (exact) mass is 274 g/mol. The normalized spacial score (nSPS) is 10.3. The minimum atomic E-state index is 0.128. The van der Waals surface area contributed by atoms with E-state index in [1.807, 2.05) is 30.3 Å². The Balaban J connectivity index is 1.99. The van der Waals surface area contributed by atoms with E-state index >= 15 is 0 Å². The van der Waals surface area contributed by atoms with Gasteiger partial charge in [0.15, 0.2) is 5.12 Å². The smallest absolute Gasteiger partial charge is 0.190 e. The van der Waals surface area contributed by atoms with Gasteiger partial charge in [0.1, 0.15) is 0 Å². The molecule has 18 heavy (non-hydrogen) atoms. The first-order valence-electron chi connectivity index (χ1n) is 5.69. The molecular weight excluding hydrogens is 260 g/mol. The molecular formula is C15H14OS2. The van der Waals surface area contributed by atoms with Gasteiger partial charge in [-0.05, 0) is 29.8 Å². The molecule has 0 radical (unpaired) electrons. The Bertz CT molecular complexity index is 523. The van der Waals surface area contributed by atoms with Gasteiger partial charge in [-0.1, -0.05) is 42.1 Å². The van der Waals surface area contributed by atoms with E-state index in [-0.39, 0.29) is 5.12 Å². The first kappa shape index (κ1) is 13.2. The van der Waals surface area contributed by atoms with Gasteiger partial charge < -0.3 is 0 Å². The zero-order chi connectivity index (χ0) is 12.8. The maximum atomic E-state index is 11.1. The lowest BCUT2D eigenvalue weighted by atomic mass is 10.2. The number of hydrogen-bond acceptors (Lipinski definition) is 3. The molecule has 2 rings (SSSR count). The van der Waals surface area contributed by atoms with Gasteiger partial charge in [0.05, 0.1) is 0 Å². The van der Waals surface area contributed by atoms with E-state index in [9.17, 15) is 4.79 Å². The maximum absolute atomic E-state index is 11.1. The summed E-state index contributed by atoms with van der Waals surface area (Å²) in [6.45, 7) is 1.59. The third-order valence-electron chi connectivity index (χ3n) is 2.31. The van der Waals surface area contributed by atoms with Crippen molar-refractivity contribution in [3.63, 3.8) is 0 Å². The van der Waals surface area contributed by atoms with Crippen LogP contribution in [0.25, 0.3) is 0 Å². The Morgan fingerprint density at radius 1 is 1.00 bits per heavy atom. The molecule has 92 valence electrons. The lowest BCUT2D eigenvalue weighted by Gasteiger charge is -2.04. The van der Waals surface area contributed by atoms with Crippen LogP contribution in [0, 0.1) is 0 Å². The van der Waals surface area contributed by atoms with Crippen LogP contribution >= 0.6 is 23.5 Å². The minimum Gasteiger partial charge on any atom is -0.287 e. The minimum absolute atomic E-state index is 0.128. The van der Waals surface area contributed by atoms with Crippen molar-refractivity contribution in [3.05, 3.63) is 60.2 Å².